The van der Waals surface area contributed by atoms with E-state index in [9.17, 15) is 35.9 Å². The van der Waals surface area contributed by atoms with Crippen LogP contribution in [-0.2, 0) is 10.0 Å². The van der Waals surface area contributed by atoms with Gasteiger partial charge in [0.2, 0.25) is 0 Å². The fourth-order valence-corrected chi connectivity index (χ4v) is 5.81. The maximum atomic E-state index is 14.9. The Balaban J connectivity index is 1.87. The number of benzene rings is 3. The van der Waals surface area contributed by atoms with Crippen molar-refractivity contribution in [3.8, 4) is 21.9 Å². The monoisotopic (exact) mass is 561 g/mol. The molecule has 1 heterocycles. The van der Waals surface area contributed by atoms with Gasteiger partial charge in [0.15, 0.2) is 11.5 Å². The standard InChI is InChI=1S/C22H12ClF4NO6S2/c23-13-5-11(21(30)31)7-19(20(13)29)36(32,33)28-15-8-12(14(24)9-16(15)34-22(25,26)27)18-6-10-3-1-2-4-17(10)35-18/h1-9,28-29H,(H,30,31). The van der Waals surface area contributed by atoms with Crippen LogP contribution in [0.25, 0.3) is 20.5 Å². The summed E-state index contributed by atoms with van der Waals surface area (Å²) in [6, 6.07) is 11.0. The Labute approximate surface area is 209 Å². The second-order valence-corrected chi connectivity index (χ2v) is 10.4. The van der Waals surface area contributed by atoms with Gasteiger partial charge < -0.3 is 14.9 Å². The highest BCUT2D eigenvalue weighted by Crippen LogP contribution is 2.42. The van der Waals surface area contributed by atoms with Crippen LogP contribution < -0.4 is 9.46 Å². The molecule has 0 aliphatic carbocycles. The van der Waals surface area contributed by atoms with E-state index in [1.165, 1.54) is 0 Å². The van der Waals surface area contributed by atoms with Gasteiger partial charge in [0, 0.05) is 21.2 Å². The summed E-state index contributed by atoms with van der Waals surface area (Å²) in [4.78, 5) is 10.5. The van der Waals surface area contributed by atoms with E-state index < -0.39 is 60.8 Å². The van der Waals surface area contributed by atoms with Crippen molar-refractivity contribution >= 4 is 54.7 Å². The number of aromatic carboxylic acids is 1. The molecule has 0 bridgehead atoms. The Hall–Kier alpha value is -3.55. The number of phenols is 1. The van der Waals surface area contributed by atoms with Crippen LogP contribution in [0.4, 0.5) is 23.2 Å². The SMILES string of the molecule is O=C(O)c1cc(Cl)c(O)c(S(=O)(=O)Nc2cc(-c3cc4ccccc4s3)c(F)cc2OC(F)(F)F)c1. The van der Waals surface area contributed by atoms with Gasteiger partial charge in [-0.3, -0.25) is 4.72 Å². The average molecular weight is 562 g/mol. The largest absolute Gasteiger partial charge is 0.573 e. The molecule has 0 spiro atoms. The molecular weight excluding hydrogens is 550 g/mol. The third kappa shape index (κ3) is 5.17. The Morgan fingerprint density at radius 3 is 2.42 bits per heavy atom. The number of hydrogen-bond acceptors (Lipinski definition) is 6. The van der Waals surface area contributed by atoms with E-state index >= 15 is 0 Å². The second kappa shape index (κ2) is 9.15. The van der Waals surface area contributed by atoms with Crippen LogP contribution in [-0.4, -0.2) is 31.0 Å². The van der Waals surface area contributed by atoms with Gasteiger partial charge in [-0.25, -0.2) is 17.6 Å². The van der Waals surface area contributed by atoms with Crippen molar-refractivity contribution < 1.29 is 45.7 Å². The van der Waals surface area contributed by atoms with Crippen molar-refractivity contribution in [2.24, 2.45) is 0 Å². The van der Waals surface area contributed by atoms with Crippen LogP contribution in [0.5, 0.6) is 11.5 Å². The van der Waals surface area contributed by atoms with E-state index in [1.54, 1.807) is 35.1 Å². The van der Waals surface area contributed by atoms with E-state index in [0.717, 1.165) is 33.6 Å². The van der Waals surface area contributed by atoms with Crippen molar-refractivity contribution in [2.75, 3.05) is 4.72 Å². The van der Waals surface area contributed by atoms with Gasteiger partial charge in [0.1, 0.15) is 10.7 Å². The number of anilines is 1. The zero-order chi connectivity index (χ0) is 26.4. The van der Waals surface area contributed by atoms with Crippen molar-refractivity contribution in [1.29, 1.82) is 0 Å². The molecule has 0 saturated heterocycles. The summed E-state index contributed by atoms with van der Waals surface area (Å²) in [7, 11) is -4.95. The minimum Gasteiger partial charge on any atom is -0.505 e. The van der Waals surface area contributed by atoms with Crippen LogP contribution in [0, 0.1) is 5.82 Å². The lowest BCUT2D eigenvalue weighted by molar-refractivity contribution is -0.274. The molecule has 0 unspecified atom stereocenters. The number of carbonyl (C=O) groups is 1. The zero-order valence-corrected chi connectivity index (χ0v) is 19.8. The molecule has 0 fully saturated rings. The summed E-state index contributed by atoms with van der Waals surface area (Å²) >= 11 is 6.84. The van der Waals surface area contributed by atoms with E-state index in [0.29, 0.717) is 12.1 Å². The summed E-state index contributed by atoms with van der Waals surface area (Å²) in [5, 5.41) is 19.4. The second-order valence-electron chi connectivity index (χ2n) is 7.24. The van der Waals surface area contributed by atoms with Gasteiger partial charge in [-0.15, -0.1) is 24.5 Å². The number of nitrogens with one attached hydrogen (secondary N) is 1. The Kier molecular flexibility index (Phi) is 6.49. The summed E-state index contributed by atoms with van der Waals surface area (Å²) in [6.07, 6.45) is -5.31. The van der Waals surface area contributed by atoms with Crippen LogP contribution in [0.3, 0.4) is 0 Å². The Bertz CT molecular complexity index is 1590. The molecule has 7 nitrogen and oxygen atoms in total. The average Bonchev–Trinajstić information content (AvgIpc) is 3.19. The molecule has 0 radical (unpaired) electrons. The molecule has 14 heteroatoms. The number of sulfonamides is 1. The smallest absolute Gasteiger partial charge is 0.505 e. The third-order valence-corrected chi connectivity index (χ3v) is 7.61. The number of thiophene rings is 1. The van der Waals surface area contributed by atoms with Crippen LogP contribution in [0.15, 0.2) is 59.5 Å². The predicted octanol–water partition coefficient (Wildman–Crippen LogP) is 6.46. The summed E-state index contributed by atoms with van der Waals surface area (Å²) < 4.78 is 86.2. The van der Waals surface area contributed by atoms with Gasteiger partial charge in [-0.1, -0.05) is 29.8 Å². The molecule has 4 aromatic rings. The summed E-state index contributed by atoms with van der Waals surface area (Å²) in [6.45, 7) is 0. The van der Waals surface area contributed by atoms with E-state index in [4.69, 9.17) is 16.7 Å². The topological polar surface area (TPSA) is 113 Å². The zero-order valence-electron chi connectivity index (χ0n) is 17.4. The molecule has 36 heavy (non-hydrogen) atoms. The highest BCUT2D eigenvalue weighted by atomic mass is 35.5. The molecule has 0 saturated carbocycles. The molecule has 4 rings (SSSR count). The number of carboxylic acids is 1. The highest BCUT2D eigenvalue weighted by molar-refractivity contribution is 7.92. The molecule has 188 valence electrons. The van der Waals surface area contributed by atoms with Crippen molar-refractivity contribution in [3.05, 3.63) is 71.0 Å². The number of halogens is 5. The first kappa shape index (κ1) is 25.5. The summed E-state index contributed by atoms with van der Waals surface area (Å²) in [5.41, 5.74) is -1.67. The number of hydrogen-bond donors (Lipinski definition) is 3. The molecule has 1 aromatic heterocycles. The molecule has 0 amide bonds. The Morgan fingerprint density at radius 1 is 1.08 bits per heavy atom. The lowest BCUT2D eigenvalue weighted by atomic mass is 10.1. The third-order valence-electron chi connectivity index (χ3n) is 4.80. The first-order chi connectivity index (χ1) is 16.7. The fraction of sp³-hybridized carbons (Fsp3) is 0.0455. The number of aromatic hydroxyl groups is 1. The van der Waals surface area contributed by atoms with E-state index in [2.05, 4.69) is 4.74 Å². The molecule has 3 aromatic carbocycles. The van der Waals surface area contributed by atoms with Crippen LogP contribution in [0.1, 0.15) is 10.4 Å². The predicted molar refractivity (Wildman–Crippen MR) is 125 cm³/mol. The van der Waals surface area contributed by atoms with Crippen LogP contribution >= 0.6 is 22.9 Å². The lowest BCUT2D eigenvalue weighted by Crippen LogP contribution is -2.20. The Morgan fingerprint density at radius 2 is 1.78 bits per heavy atom. The molecule has 0 aliphatic heterocycles. The first-order valence-corrected chi connectivity index (χ1v) is 12.3. The van der Waals surface area contributed by atoms with Crippen molar-refractivity contribution in [1.82, 2.24) is 0 Å². The maximum Gasteiger partial charge on any atom is 0.573 e. The highest BCUT2D eigenvalue weighted by Gasteiger charge is 2.34. The minimum absolute atomic E-state index is 0.232. The summed E-state index contributed by atoms with van der Waals surface area (Å²) in [5.74, 6) is -4.96. The fourth-order valence-electron chi connectivity index (χ4n) is 3.25. The quantitative estimate of drug-likeness (QED) is 0.233. The molecule has 0 atom stereocenters. The maximum absolute atomic E-state index is 14.9. The number of rotatable bonds is 6. The van der Waals surface area contributed by atoms with Crippen molar-refractivity contribution in [2.45, 2.75) is 11.3 Å². The van der Waals surface area contributed by atoms with E-state index in [-0.39, 0.29) is 10.4 Å². The van der Waals surface area contributed by atoms with Gasteiger partial charge in [-0.2, -0.15) is 0 Å². The number of fused-ring (bicyclic) bond motifs is 1. The number of carboxylic acid groups (broad SMARTS) is 1. The van der Waals surface area contributed by atoms with E-state index in [1.807, 2.05) is 0 Å². The van der Waals surface area contributed by atoms with Gasteiger partial charge >= 0.3 is 12.3 Å². The van der Waals surface area contributed by atoms with Crippen molar-refractivity contribution in [3.63, 3.8) is 0 Å². The number of alkyl halides is 3. The van der Waals surface area contributed by atoms with Gasteiger partial charge in [-0.05, 0) is 35.7 Å². The molecular formula is C22H12ClF4NO6S2. The first-order valence-electron chi connectivity index (χ1n) is 9.62. The number of phenolic OH excluding ortho intramolecular Hbond substituents is 1. The molecule has 3 N–H and O–H groups in total. The van der Waals surface area contributed by atoms with Gasteiger partial charge in [0.05, 0.1) is 16.3 Å². The number of ether oxygens (including phenoxy) is 1. The normalized spacial score (nSPS) is 12.0. The van der Waals surface area contributed by atoms with Gasteiger partial charge in [0.25, 0.3) is 10.0 Å². The molecule has 0 aliphatic rings. The van der Waals surface area contributed by atoms with Crippen LogP contribution in [0.2, 0.25) is 5.02 Å². The lowest BCUT2D eigenvalue weighted by Gasteiger charge is -2.17. The minimum atomic E-state index is -5.31.